The van der Waals surface area contributed by atoms with Crippen LogP contribution in [-0.2, 0) is 23.8 Å². The summed E-state index contributed by atoms with van der Waals surface area (Å²) in [6, 6.07) is 3.78. The summed E-state index contributed by atoms with van der Waals surface area (Å²) in [4.78, 5) is 46.5. The van der Waals surface area contributed by atoms with Crippen molar-refractivity contribution < 1.29 is 33.5 Å². The predicted molar refractivity (Wildman–Crippen MR) is 96.6 cm³/mol. The maximum Gasteiger partial charge on any atom is 0.338 e. The van der Waals surface area contributed by atoms with E-state index in [2.05, 4.69) is 0 Å². The Bertz CT molecular complexity index is 706. The van der Waals surface area contributed by atoms with Crippen LogP contribution in [0.25, 0.3) is 0 Å². The fourth-order valence-corrected chi connectivity index (χ4v) is 3.13. The first-order valence-corrected chi connectivity index (χ1v) is 9.16. The molecule has 0 fully saturated rings. The molecular weight excluding hydrogens is 378 g/mol. The van der Waals surface area contributed by atoms with Gasteiger partial charge >= 0.3 is 17.9 Å². The molecule has 0 saturated heterocycles. The zero-order valence-corrected chi connectivity index (χ0v) is 16.1. The van der Waals surface area contributed by atoms with E-state index in [4.69, 9.17) is 14.2 Å². The van der Waals surface area contributed by atoms with Crippen LogP contribution in [0.4, 0.5) is 5.69 Å². The smallest absolute Gasteiger partial charge is 0.338 e. The number of carbonyl (C=O) groups excluding carboxylic acids is 3. The standard InChI is InChI=1S/C17H21NO8S/c1-4-24-15(19)10-14(17(21)26-6-3)27-13-8-7-11(16(20)25-5-2)9-12(13)18(22)23/h7-9,14H,4-6,10H2,1-3H3/t14-/m0/s1. The molecule has 0 unspecified atom stereocenters. The summed E-state index contributed by atoms with van der Waals surface area (Å²) in [5.41, 5.74) is -0.352. The summed E-state index contributed by atoms with van der Waals surface area (Å²) in [5, 5.41) is 10.4. The molecule has 0 aliphatic rings. The van der Waals surface area contributed by atoms with Crippen molar-refractivity contribution >= 4 is 35.4 Å². The lowest BCUT2D eigenvalue weighted by Crippen LogP contribution is -2.24. The van der Waals surface area contributed by atoms with Crippen molar-refractivity contribution in [2.45, 2.75) is 37.3 Å². The van der Waals surface area contributed by atoms with E-state index in [0.29, 0.717) is 0 Å². The van der Waals surface area contributed by atoms with Crippen molar-refractivity contribution in [3.8, 4) is 0 Å². The van der Waals surface area contributed by atoms with Gasteiger partial charge in [0.1, 0.15) is 5.25 Å². The Kier molecular flexibility index (Phi) is 9.27. The maximum absolute atomic E-state index is 12.1. The molecule has 0 bridgehead atoms. The van der Waals surface area contributed by atoms with Gasteiger partial charge in [0.25, 0.3) is 5.69 Å². The molecule has 0 saturated carbocycles. The second kappa shape index (κ2) is 11.2. The lowest BCUT2D eigenvalue weighted by molar-refractivity contribution is -0.387. The number of nitro benzene ring substituents is 1. The van der Waals surface area contributed by atoms with Crippen molar-refractivity contribution in [2.75, 3.05) is 19.8 Å². The molecule has 148 valence electrons. The van der Waals surface area contributed by atoms with Crippen molar-refractivity contribution in [3.05, 3.63) is 33.9 Å². The van der Waals surface area contributed by atoms with Gasteiger partial charge in [-0.15, -0.1) is 11.8 Å². The number of rotatable bonds is 10. The highest BCUT2D eigenvalue weighted by Crippen LogP contribution is 2.35. The molecular formula is C17H21NO8S. The van der Waals surface area contributed by atoms with Crippen LogP contribution in [0, 0.1) is 10.1 Å². The van der Waals surface area contributed by atoms with Crippen LogP contribution >= 0.6 is 11.8 Å². The Balaban J connectivity index is 3.14. The largest absolute Gasteiger partial charge is 0.466 e. The average Bonchev–Trinajstić information content (AvgIpc) is 2.61. The molecule has 9 nitrogen and oxygen atoms in total. The van der Waals surface area contributed by atoms with Crippen LogP contribution in [0.3, 0.4) is 0 Å². The van der Waals surface area contributed by atoms with Crippen molar-refractivity contribution in [2.24, 2.45) is 0 Å². The van der Waals surface area contributed by atoms with Crippen LogP contribution in [0.5, 0.6) is 0 Å². The first-order valence-electron chi connectivity index (χ1n) is 8.28. The molecule has 0 N–H and O–H groups in total. The van der Waals surface area contributed by atoms with Crippen LogP contribution in [0.1, 0.15) is 37.6 Å². The normalized spacial score (nSPS) is 11.4. The van der Waals surface area contributed by atoms with E-state index in [1.807, 2.05) is 0 Å². The maximum atomic E-state index is 12.1. The third-order valence-corrected chi connectivity index (χ3v) is 4.39. The van der Waals surface area contributed by atoms with Gasteiger partial charge in [-0.2, -0.15) is 0 Å². The number of thioether (sulfide) groups is 1. The quantitative estimate of drug-likeness (QED) is 0.192. The zero-order chi connectivity index (χ0) is 20.4. The first kappa shape index (κ1) is 22.4. The van der Waals surface area contributed by atoms with Crippen LogP contribution in [0.15, 0.2) is 23.1 Å². The van der Waals surface area contributed by atoms with E-state index in [0.717, 1.165) is 17.8 Å². The number of esters is 3. The molecule has 1 aromatic carbocycles. The molecule has 10 heteroatoms. The van der Waals surface area contributed by atoms with Gasteiger partial charge in [-0.1, -0.05) is 0 Å². The van der Waals surface area contributed by atoms with Gasteiger partial charge in [0.05, 0.1) is 41.6 Å². The number of nitro groups is 1. The van der Waals surface area contributed by atoms with Gasteiger partial charge in [0.15, 0.2) is 0 Å². The summed E-state index contributed by atoms with van der Waals surface area (Å²) in [6.45, 7) is 5.24. The van der Waals surface area contributed by atoms with E-state index < -0.39 is 28.1 Å². The monoisotopic (exact) mass is 399 g/mol. The van der Waals surface area contributed by atoms with E-state index >= 15 is 0 Å². The summed E-state index contributed by atoms with van der Waals surface area (Å²) >= 11 is 0.811. The lowest BCUT2D eigenvalue weighted by Gasteiger charge is -2.15. The van der Waals surface area contributed by atoms with Gasteiger partial charge in [0.2, 0.25) is 0 Å². The molecule has 1 atom stereocenters. The highest BCUT2D eigenvalue weighted by Gasteiger charge is 2.29. The first-order chi connectivity index (χ1) is 12.8. The number of ether oxygens (including phenoxy) is 3. The minimum atomic E-state index is -1.02. The average molecular weight is 399 g/mol. The number of hydrogen-bond donors (Lipinski definition) is 0. The zero-order valence-electron chi connectivity index (χ0n) is 15.3. The molecule has 1 rings (SSSR count). The summed E-state index contributed by atoms with van der Waals surface area (Å²) in [7, 11) is 0. The molecule has 0 aromatic heterocycles. The van der Waals surface area contributed by atoms with Gasteiger partial charge in [0, 0.05) is 6.07 Å². The van der Waals surface area contributed by atoms with Crippen molar-refractivity contribution in [3.63, 3.8) is 0 Å². The Morgan fingerprint density at radius 2 is 1.70 bits per heavy atom. The number of hydrogen-bond acceptors (Lipinski definition) is 9. The molecule has 1 aromatic rings. The number of carbonyl (C=O) groups is 3. The molecule has 0 aliphatic heterocycles. The van der Waals surface area contributed by atoms with E-state index in [9.17, 15) is 24.5 Å². The van der Waals surface area contributed by atoms with Crippen molar-refractivity contribution in [1.82, 2.24) is 0 Å². The molecule has 0 heterocycles. The molecule has 0 radical (unpaired) electrons. The van der Waals surface area contributed by atoms with E-state index in [1.54, 1.807) is 20.8 Å². The van der Waals surface area contributed by atoms with Crippen LogP contribution in [0.2, 0.25) is 0 Å². The summed E-state index contributed by atoms with van der Waals surface area (Å²) in [6.07, 6.45) is -0.297. The van der Waals surface area contributed by atoms with Gasteiger partial charge in [-0.25, -0.2) is 4.79 Å². The van der Waals surface area contributed by atoms with Gasteiger partial charge in [-0.3, -0.25) is 19.7 Å². The second-order valence-corrected chi connectivity index (χ2v) is 6.27. The number of benzene rings is 1. The van der Waals surface area contributed by atoms with E-state index in [-0.39, 0.29) is 42.4 Å². The van der Waals surface area contributed by atoms with Crippen molar-refractivity contribution in [1.29, 1.82) is 0 Å². The highest BCUT2D eigenvalue weighted by atomic mass is 32.2. The Morgan fingerprint density at radius 1 is 1.07 bits per heavy atom. The van der Waals surface area contributed by atoms with Crippen LogP contribution < -0.4 is 0 Å². The minimum Gasteiger partial charge on any atom is -0.466 e. The third-order valence-electron chi connectivity index (χ3n) is 3.14. The Labute approximate surface area is 160 Å². The third kappa shape index (κ3) is 6.89. The fraction of sp³-hybridized carbons (Fsp3) is 0.471. The molecule has 0 aliphatic carbocycles. The minimum absolute atomic E-state index is 0.0194. The summed E-state index contributed by atoms with van der Waals surface area (Å²) in [5.74, 6) is -1.99. The van der Waals surface area contributed by atoms with E-state index in [1.165, 1.54) is 12.1 Å². The fourth-order valence-electron chi connectivity index (χ4n) is 2.03. The molecule has 27 heavy (non-hydrogen) atoms. The molecule has 0 amide bonds. The Morgan fingerprint density at radius 3 is 2.26 bits per heavy atom. The predicted octanol–water partition coefficient (Wildman–Crippen LogP) is 2.75. The van der Waals surface area contributed by atoms with Gasteiger partial charge in [-0.05, 0) is 32.9 Å². The Hall–Kier alpha value is -2.62. The number of nitrogens with zero attached hydrogens (tertiary/aromatic N) is 1. The second-order valence-electron chi connectivity index (χ2n) is 5.03. The molecule has 0 spiro atoms. The lowest BCUT2D eigenvalue weighted by atomic mass is 10.2. The highest BCUT2D eigenvalue weighted by molar-refractivity contribution is 8.00. The van der Waals surface area contributed by atoms with Crippen LogP contribution in [-0.4, -0.2) is 47.9 Å². The van der Waals surface area contributed by atoms with Gasteiger partial charge < -0.3 is 14.2 Å². The summed E-state index contributed by atoms with van der Waals surface area (Å²) < 4.78 is 14.6. The topological polar surface area (TPSA) is 122 Å². The SMILES string of the molecule is CCOC(=O)C[C@H](Sc1ccc(C(=O)OCC)cc1[N+](=O)[O-])C(=O)OCC.